The molecule has 0 heterocycles. The fraction of sp³-hybridized carbons (Fsp3) is 0.318. The molecule has 0 radical (unpaired) electrons. The van der Waals surface area contributed by atoms with E-state index in [1.54, 1.807) is 18.2 Å². The molecule has 0 spiro atoms. The average molecular weight is 398 g/mol. The van der Waals surface area contributed by atoms with E-state index in [1.807, 2.05) is 12.1 Å². The van der Waals surface area contributed by atoms with Gasteiger partial charge in [-0.15, -0.1) is 0 Å². The van der Waals surface area contributed by atoms with Crippen molar-refractivity contribution in [2.45, 2.75) is 33.1 Å². The van der Waals surface area contributed by atoms with Crippen molar-refractivity contribution < 1.29 is 23.9 Å². The number of ether oxygens (including phenoxy) is 2. The molecule has 0 aliphatic carbocycles. The molecule has 2 rings (SSSR count). The van der Waals surface area contributed by atoms with E-state index in [4.69, 9.17) is 9.47 Å². The maximum atomic E-state index is 12.4. The Bertz CT molecular complexity index is 945. The summed E-state index contributed by atoms with van der Waals surface area (Å²) in [6, 6.07) is 10.4. The first-order valence-electron chi connectivity index (χ1n) is 9.06. The highest BCUT2D eigenvalue weighted by molar-refractivity contribution is 6.07. The van der Waals surface area contributed by atoms with Crippen LogP contribution in [-0.4, -0.2) is 32.1 Å². The number of benzene rings is 2. The summed E-state index contributed by atoms with van der Waals surface area (Å²) in [5.74, 6) is -1.50. The number of rotatable bonds is 5. The predicted octanol–water partition coefficient (Wildman–Crippen LogP) is 4.26. The maximum Gasteiger partial charge on any atom is 0.340 e. The topological polar surface area (TPSA) is 93.7 Å². The lowest BCUT2D eigenvalue weighted by Crippen LogP contribution is -2.15. The molecule has 2 N–H and O–H groups in total. The number of amides is 1. The molecule has 0 unspecified atom stereocenters. The van der Waals surface area contributed by atoms with Crippen LogP contribution in [0.15, 0.2) is 36.4 Å². The van der Waals surface area contributed by atoms with Crippen LogP contribution in [0.4, 0.5) is 17.1 Å². The van der Waals surface area contributed by atoms with Gasteiger partial charge in [0.2, 0.25) is 5.91 Å². The van der Waals surface area contributed by atoms with Crippen molar-refractivity contribution in [2.24, 2.45) is 0 Å². The summed E-state index contributed by atoms with van der Waals surface area (Å²) in [5.41, 5.74) is 2.63. The van der Waals surface area contributed by atoms with Gasteiger partial charge < -0.3 is 20.1 Å². The summed E-state index contributed by atoms with van der Waals surface area (Å²) in [6.45, 7) is 7.61. The van der Waals surface area contributed by atoms with Crippen LogP contribution in [-0.2, 0) is 19.7 Å². The molecule has 0 saturated carbocycles. The maximum absolute atomic E-state index is 12.4. The van der Waals surface area contributed by atoms with Gasteiger partial charge in [0.15, 0.2) is 0 Å². The summed E-state index contributed by atoms with van der Waals surface area (Å²) in [5, 5.41) is 5.96. The first-order chi connectivity index (χ1) is 13.6. The lowest BCUT2D eigenvalue weighted by Gasteiger charge is -2.22. The van der Waals surface area contributed by atoms with Crippen LogP contribution < -0.4 is 10.6 Å². The average Bonchev–Trinajstić information content (AvgIpc) is 2.65. The molecule has 7 heteroatoms. The number of hydrogen-bond donors (Lipinski definition) is 2. The first-order valence-corrected chi connectivity index (χ1v) is 9.06. The number of methoxy groups -OCH3 is 2. The minimum atomic E-state index is -0.664. The zero-order valence-electron chi connectivity index (χ0n) is 17.5. The lowest BCUT2D eigenvalue weighted by molar-refractivity contribution is -0.114. The molecule has 154 valence electrons. The minimum Gasteiger partial charge on any atom is -0.465 e. The van der Waals surface area contributed by atoms with Gasteiger partial charge in [-0.05, 0) is 41.3 Å². The molecule has 0 aliphatic heterocycles. The quantitative estimate of drug-likeness (QED) is 0.731. The van der Waals surface area contributed by atoms with Crippen LogP contribution in [0.1, 0.15) is 54.0 Å². The van der Waals surface area contributed by atoms with Crippen LogP contribution in [0.25, 0.3) is 0 Å². The van der Waals surface area contributed by atoms with Gasteiger partial charge in [0, 0.05) is 18.3 Å². The second-order valence-electron chi connectivity index (χ2n) is 7.57. The molecule has 29 heavy (non-hydrogen) atoms. The Hall–Kier alpha value is -3.35. The molecule has 0 fully saturated rings. The zero-order valence-corrected chi connectivity index (χ0v) is 17.5. The molecule has 2 aromatic carbocycles. The molecule has 2 aromatic rings. The normalized spacial score (nSPS) is 10.8. The van der Waals surface area contributed by atoms with Crippen molar-refractivity contribution in [3.63, 3.8) is 0 Å². The Balaban J connectivity index is 2.59. The Kier molecular flexibility index (Phi) is 6.64. The van der Waals surface area contributed by atoms with Crippen molar-refractivity contribution in [1.29, 1.82) is 0 Å². The Morgan fingerprint density at radius 1 is 0.897 bits per heavy atom. The highest BCUT2D eigenvalue weighted by atomic mass is 16.5. The van der Waals surface area contributed by atoms with E-state index in [9.17, 15) is 14.4 Å². The van der Waals surface area contributed by atoms with Crippen molar-refractivity contribution in [2.75, 3.05) is 24.9 Å². The Labute approximate surface area is 170 Å². The SMILES string of the molecule is COC(=O)c1cccc(Nc2cc(NC(C)=O)cc(C(C)(C)C)c2)c1C(=O)OC. The Morgan fingerprint density at radius 2 is 1.52 bits per heavy atom. The summed E-state index contributed by atoms with van der Waals surface area (Å²) in [7, 11) is 2.49. The van der Waals surface area contributed by atoms with Crippen molar-refractivity contribution in [3.8, 4) is 0 Å². The van der Waals surface area contributed by atoms with Crippen LogP contribution >= 0.6 is 0 Å². The fourth-order valence-corrected chi connectivity index (χ4v) is 2.82. The van der Waals surface area contributed by atoms with Gasteiger partial charge in [0.1, 0.15) is 0 Å². The van der Waals surface area contributed by atoms with Gasteiger partial charge in [-0.3, -0.25) is 4.79 Å². The third kappa shape index (κ3) is 5.34. The second kappa shape index (κ2) is 8.77. The van der Waals surface area contributed by atoms with E-state index in [1.165, 1.54) is 27.2 Å². The molecule has 1 amide bonds. The van der Waals surface area contributed by atoms with Gasteiger partial charge in [-0.1, -0.05) is 26.8 Å². The monoisotopic (exact) mass is 398 g/mol. The number of carbonyl (C=O) groups excluding carboxylic acids is 3. The van der Waals surface area contributed by atoms with Gasteiger partial charge >= 0.3 is 11.9 Å². The zero-order chi connectivity index (χ0) is 21.8. The molecular formula is C22H26N2O5. The number of anilines is 3. The van der Waals surface area contributed by atoms with E-state index in [2.05, 4.69) is 31.4 Å². The molecule has 0 saturated heterocycles. The van der Waals surface area contributed by atoms with Gasteiger partial charge in [0.05, 0.1) is 31.0 Å². The molecule has 7 nitrogen and oxygen atoms in total. The second-order valence-corrected chi connectivity index (χ2v) is 7.57. The van der Waals surface area contributed by atoms with E-state index < -0.39 is 11.9 Å². The first kappa shape index (κ1) is 21.9. The molecular weight excluding hydrogens is 372 g/mol. The molecule has 0 atom stereocenters. The number of hydrogen-bond acceptors (Lipinski definition) is 6. The van der Waals surface area contributed by atoms with E-state index in [0.717, 1.165) is 5.56 Å². The van der Waals surface area contributed by atoms with Crippen molar-refractivity contribution >= 4 is 34.9 Å². The molecule has 0 aliphatic rings. The van der Waals surface area contributed by atoms with Gasteiger partial charge in [0.25, 0.3) is 0 Å². The molecule has 0 aromatic heterocycles. The summed E-state index contributed by atoms with van der Waals surface area (Å²) in [4.78, 5) is 36.0. The largest absolute Gasteiger partial charge is 0.465 e. The van der Waals surface area contributed by atoms with Gasteiger partial charge in [-0.25, -0.2) is 9.59 Å². The van der Waals surface area contributed by atoms with E-state index in [0.29, 0.717) is 17.1 Å². The number of nitrogens with one attached hydrogen (secondary N) is 2. The number of esters is 2. The predicted molar refractivity (Wildman–Crippen MR) is 112 cm³/mol. The summed E-state index contributed by atoms with van der Waals surface area (Å²) >= 11 is 0. The number of carbonyl (C=O) groups is 3. The third-order valence-electron chi connectivity index (χ3n) is 4.26. The summed E-state index contributed by atoms with van der Waals surface area (Å²) < 4.78 is 9.64. The smallest absolute Gasteiger partial charge is 0.340 e. The lowest BCUT2D eigenvalue weighted by atomic mass is 9.86. The van der Waals surface area contributed by atoms with E-state index in [-0.39, 0.29) is 22.4 Å². The summed E-state index contributed by atoms with van der Waals surface area (Å²) in [6.07, 6.45) is 0. The standard InChI is InChI=1S/C22H26N2O5/c1-13(25)23-15-10-14(22(2,3)4)11-16(12-15)24-18-9-7-8-17(20(26)28-5)19(18)21(27)29-6/h7-12,24H,1-6H3,(H,23,25). The Morgan fingerprint density at radius 3 is 2.07 bits per heavy atom. The van der Waals surface area contributed by atoms with Crippen LogP contribution in [0, 0.1) is 0 Å². The highest BCUT2D eigenvalue weighted by Crippen LogP contribution is 2.32. The van der Waals surface area contributed by atoms with Crippen molar-refractivity contribution in [1.82, 2.24) is 0 Å². The highest BCUT2D eigenvalue weighted by Gasteiger charge is 2.23. The van der Waals surface area contributed by atoms with Gasteiger partial charge in [-0.2, -0.15) is 0 Å². The van der Waals surface area contributed by atoms with Crippen LogP contribution in [0.3, 0.4) is 0 Å². The fourth-order valence-electron chi connectivity index (χ4n) is 2.82. The molecule has 0 bridgehead atoms. The third-order valence-corrected chi connectivity index (χ3v) is 4.26. The van der Waals surface area contributed by atoms with Crippen LogP contribution in [0.2, 0.25) is 0 Å². The van der Waals surface area contributed by atoms with E-state index >= 15 is 0 Å². The van der Waals surface area contributed by atoms with Crippen LogP contribution in [0.5, 0.6) is 0 Å². The van der Waals surface area contributed by atoms with Crippen molar-refractivity contribution in [3.05, 3.63) is 53.1 Å². The minimum absolute atomic E-state index is 0.0732.